The van der Waals surface area contributed by atoms with Gasteiger partial charge in [0, 0.05) is 32.7 Å². The molecule has 0 aliphatic carbocycles. The molecule has 0 N–H and O–H groups in total. The van der Waals surface area contributed by atoms with Crippen molar-refractivity contribution in [3.63, 3.8) is 0 Å². The van der Waals surface area contributed by atoms with E-state index in [2.05, 4.69) is 0 Å². The summed E-state index contributed by atoms with van der Waals surface area (Å²) in [5.74, 6) is 0. The lowest BCUT2D eigenvalue weighted by Gasteiger charge is -2.29. The maximum atomic E-state index is 15.2. The van der Waals surface area contributed by atoms with Crippen molar-refractivity contribution in [2.24, 2.45) is 0 Å². The number of benzene rings is 7. The van der Waals surface area contributed by atoms with Gasteiger partial charge < -0.3 is 9.13 Å². The molecule has 2 aromatic heterocycles. The van der Waals surface area contributed by atoms with Gasteiger partial charge in [-0.3, -0.25) is 0 Å². The maximum absolute atomic E-state index is 15.2. The summed E-state index contributed by atoms with van der Waals surface area (Å²) >= 11 is 0. The van der Waals surface area contributed by atoms with Crippen LogP contribution in [0.15, 0.2) is 146 Å². The monoisotopic (exact) mass is 724 g/mol. The van der Waals surface area contributed by atoms with Crippen molar-refractivity contribution in [1.29, 1.82) is 0 Å². The fourth-order valence-electron chi connectivity index (χ4n) is 8.44. The van der Waals surface area contributed by atoms with Gasteiger partial charge in [-0.25, -0.2) is 0 Å². The van der Waals surface area contributed by atoms with Gasteiger partial charge >= 0.3 is 12.4 Å². The summed E-state index contributed by atoms with van der Waals surface area (Å²) in [6, 6.07) is 41.1. The van der Waals surface area contributed by atoms with Gasteiger partial charge in [-0.2, -0.15) is 26.3 Å². The molecule has 0 atom stereocenters. The Labute approximate surface area is 306 Å². The van der Waals surface area contributed by atoms with Crippen LogP contribution in [0.5, 0.6) is 0 Å². The number of alkyl halides is 6. The highest BCUT2D eigenvalue weighted by atomic mass is 19.4. The zero-order valence-corrected chi connectivity index (χ0v) is 29.0. The van der Waals surface area contributed by atoms with Crippen LogP contribution >= 0.6 is 0 Å². The summed E-state index contributed by atoms with van der Waals surface area (Å²) in [7, 11) is 0. The van der Waals surface area contributed by atoms with Crippen LogP contribution in [0, 0.1) is 13.8 Å². The fraction of sp³-hybridized carbons (Fsp3) is 0.0870. The summed E-state index contributed by atoms with van der Waals surface area (Å²) < 4.78 is 95.0. The van der Waals surface area contributed by atoms with Crippen molar-refractivity contribution in [2.45, 2.75) is 26.2 Å². The Hall–Kier alpha value is -6.28. The van der Waals surface area contributed by atoms with Crippen LogP contribution in [-0.4, -0.2) is 9.13 Å². The summed E-state index contributed by atoms with van der Waals surface area (Å²) in [6.45, 7) is 3.57. The number of aromatic nitrogens is 2. The van der Waals surface area contributed by atoms with Gasteiger partial charge in [-0.15, -0.1) is 0 Å². The van der Waals surface area contributed by atoms with Crippen LogP contribution < -0.4 is 0 Å². The first-order valence-electron chi connectivity index (χ1n) is 17.4. The highest BCUT2D eigenvalue weighted by Crippen LogP contribution is 2.52. The third kappa shape index (κ3) is 4.96. The number of fused-ring (bicyclic) bond motifs is 6. The molecule has 54 heavy (non-hydrogen) atoms. The van der Waals surface area contributed by atoms with Crippen molar-refractivity contribution < 1.29 is 26.3 Å². The molecule has 0 fully saturated rings. The van der Waals surface area contributed by atoms with Gasteiger partial charge in [0.05, 0.1) is 44.6 Å². The molecule has 9 rings (SSSR count). The molecule has 0 amide bonds. The first-order chi connectivity index (χ1) is 26.0. The molecule has 0 bridgehead atoms. The van der Waals surface area contributed by atoms with E-state index in [0.29, 0.717) is 27.8 Å². The van der Waals surface area contributed by atoms with Gasteiger partial charge in [0.2, 0.25) is 0 Å². The first kappa shape index (κ1) is 33.5. The molecule has 0 saturated heterocycles. The third-order valence-corrected chi connectivity index (χ3v) is 10.5. The average Bonchev–Trinajstić information content (AvgIpc) is 3.67. The summed E-state index contributed by atoms with van der Waals surface area (Å²) in [5.41, 5.74) is 2.91. The minimum absolute atomic E-state index is 0.132. The van der Waals surface area contributed by atoms with Gasteiger partial charge in [0.15, 0.2) is 0 Å². The molecule has 2 heterocycles. The predicted molar refractivity (Wildman–Crippen MR) is 205 cm³/mol. The van der Waals surface area contributed by atoms with Crippen LogP contribution in [-0.2, 0) is 12.4 Å². The van der Waals surface area contributed by atoms with Gasteiger partial charge in [0.1, 0.15) is 0 Å². The Morgan fingerprint density at radius 2 is 0.630 bits per heavy atom. The molecule has 0 aliphatic heterocycles. The Balaban J connectivity index is 1.61. The fourth-order valence-corrected chi connectivity index (χ4v) is 8.44. The largest absolute Gasteiger partial charge is 0.417 e. The minimum atomic E-state index is -4.77. The molecule has 8 heteroatoms. The lowest BCUT2D eigenvalue weighted by atomic mass is 9.84. The maximum Gasteiger partial charge on any atom is 0.417 e. The van der Waals surface area contributed by atoms with Crippen LogP contribution in [0.25, 0.3) is 77.2 Å². The van der Waals surface area contributed by atoms with Crippen LogP contribution in [0.2, 0.25) is 0 Å². The number of para-hydroxylation sites is 4. The van der Waals surface area contributed by atoms with Crippen molar-refractivity contribution in [1.82, 2.24) is 9.13 Å². The number of hydrogen-bond donors (Lipinski definition) is 0. The van der Waals surface area contributed by atoms with Crippen molar-refractivity contribution >= 4 is 43.6 Å². The third-order valence-electron chi connectivity index (χ3n) is 10.5. The summed E-state index contributed by atoms with van der Waals surface area (Å²) in [5, 5.41) is 3.46. The smallest absolute Gasteiger partial charge is 0.309 e. The molecular weight excluding hydrogens is 695 g/mol. The molecule has 0 saturated carbocycles. The number of hydrogen-bond acceptors (Lipinski definition) is 0. The number of rotatable bonds is 4. The van der Waals surface area contributed by atoms with Gasteiger partial charge in [0.25, 0.3) is 0 Å². The Bertz CT molecular complexity index is 2750. The van der Waals surface area contributed by atoms with E-state index in [9.17, 15) is 0 Å². The van der Waals surface area contributed by atoms with Crippen LogP contribution in [0.1, 0.15) is 22.3 Å². The van der Waals surface area contributed by atoms with E-state index in [4.69, 9.17) is 0 Å². The van der Waals surface area contributed by atoms with Crippen molar-refractivity contribution in [3.8, 4) is 33.6 Å². The predicted octanol–water partition coefficient (Wildman–Crippen LogP) is 13.9. The minimum Gasteiger partial charge on any atom is -0.309 e. The first-order valence-corrected chi connectivity index (χ1v) is 17.4. The molecule has 0 unspecified atom stereocenters. The molecule has 2 nitrogen and oxygen atoms in total. The normalized spacial score (nSPS) is 12.4. The molecular formula is C46H30F6N2. The van der Waals surface area contributed by atoms with E-state index in [0.717, 1.165) is 44.7 Å². The lowest BCUT2D eigenvalue weighted by Crippen LogP contribution is -2.14. The van der Waals surface area contributed by atoms with E-state index < -0.39 is 23.5 Å². The molecule has 7 aromatic carbocycles. The number of halogens is 6. The van der Waals surface area contributed by atoms with Gasteiger partial charge in [-0.05, 0) is 72.5 Å². The van der Waals surface area contributed by atoms with Crippen molar-refractivity contribution in [3.05, 3.63) is 168 Å². The molecule has 9 aromatic rings. The summed E-state index contributed by atoms with van der Waals surface area (Å²) in [4.78, 5) is 0. The van der Waals surface area contributed by atoms with Gasteiger partial charge in [-0.1, -0.05) is 109 Å². The SMILES string of the molecule is Cc1c(-c2ccccc2C(F)(F)F)c(-n2c3ccccc3c3ccccc32)c(-c2ccccc2C(F)(F)F)c(C)c1-n1c2ccccc2c2ccccc21. The standard InChI is InChI=1S/C46H30F6N2/c1-27-41(33-19-3-9-21-35(33)45(47,48)49)44(54-39-25-13-7-17-31(39)32-18-8-14-26-40(32)54)42(34-20-4-10-22-36(34)46(50,51)52)28(2)43(27)53-37-23-11-5-15-29(37)30-16-6-12-24-38(30)53/h3-26H,1-2H3. The van der Waals surface area contributed by atoms with E-state index in [1.807, 2.05) is 106 Å². The second-order valence-electron chi connectivity index (χ2n) is 13.5. The Kier molecular flexibility index (Phi) is 7.54. The molecule has 0 aliphatic rings. The van der Waals surface area contributed by atoms with Crippen molar-refractivity contribution in [2.75, 3.05) is 0 Å². The van der Waals surface area contributed by atoms with E-state index in [1.165, 1.54) is 24.3 Å². The summed E-state index contributed by atoms with van der Waals surface area (Å²) in [6.07, 6.45) is -9.55. The molecule has 266 valence electrons. The van der Waals surface area contributed by atoms with E-state index >= 15 is 26.3 Å². The average molecular weight is 725 g/mol. The zero-order valence-electron chi connectivity index (χ0n) is 29.0. The highest BCUT2D eigenvalue weighted by molar-refractivity contribution is 6.13. The van der Waals surface area contributed by atoms with E-state index in [-0.39, 0.29) is 27.9 Å². The second kappa shape index (κ2) is 12.1. The lowest BCUT2D eigenvalue weighted by molar-refractivity contribution is -0.137. The van der Waals surface area contributed by atoms with Crippen LogP contribution in [0.3, 0.4) is 0 Å². The molecule has 0 radical (unpaired) electrons. The van der Waals surface area contributed by atoms with E-state index in [1.54, 1.807) is 26.0 Å². The topological polar surface area (TPSA) is 9.86 Å². The Morgan fingerprint density at radius 3 is 0.963 bits per heavy atom. The second-order valence-corrected chi connectivity index (χ2v) is 13.5. The Morgan fingerprint density at radius 1 is 0.352 bits per heavy atom. The zero-order chi connectivity index (χ0) is 37.5. The van der Waals surface area contributed by atoms with Crippen LogP contribution in [0.4, 0.5) is 26.3 Å². The highest BCUT2D eigenvalue weighted by Gasteiger charge is 2.39. The molecule has 0 spiro atoms. The quantitative estimate of drug-likeness (QED) is 0.160. The number of nitrogens with zero attached hydrogens (tertiary/aromatic N) is 2.